The minimum atomic E-state index is 0.0284. The smallest absolute Gasteiger partial charge is 0.238 e. The van der Waals surface area contributed by atoms with Crippen LogP contribution in [-0.2, 0) is 11.3 Å². The van der Waals surface area contributed by atoms with Gasteiger partial charge in [0, 0.05) is 23.8 Å². The van der Waals surface area contributed by atoms with E-state index in [2.05, 4.69) is 16.3 Å². The molecule has 2 aromatic rings. The predicted octanol–water partition coefficient (Wildman–Crippen LogP) is 3.61. The number of carbonyl (C=O) groups is 1. The maximum atomic E-state index is 12.4. The van der Waals surface area contributed by atoms with E-state index < -0.39 is 0 Å². The van der Waals surface area contributed by atoms with Gasteiger partial charge in [-0.2, -0.15) is 0 Å². The molecule has 0 radical (unpaired) electrons. The molecule has 0 atom stereocenters. The molecule has 0 heterocycles. The molecule has 1 saturated carbocycles. The average Bonchev–Trinajstić information content (AvgIpc) is 3.42. The summed E-state index contributed by atoms with van der Waals surface area (Å²) in [5.74, 6) is 0.905. The zero-order valence-electron chi connectivity index (χ0n) is 14.3. The molecule has 24 heavy (non-hydrogen) atoms. The van der Waals surface area contributed by atoms with Crippen molar-refractivity contribution < 1.29 is 9.53 Å². The Labute approximate surface area is 143 Å². The number of aryl methyl sites for hydroxylation is 1. The number of ether oxygens (including phenoxy) is 1. The van der Waals surface area contributed by atoms with Crippen LogP contribution >= 0.6 is 0 Å². The van der Waals surface area contributed by atoms with E-state index in [1.807, 2.05) is 49.4 Å². The van der Waals surface area contributed by atoms with Gasteiger partial charge in [-0.1, -0.05) is 35.9 Å². The molecule has 126 valence electrons. The molecule has 0 spiro atoms. The number of nitrogens with one attached hydrogen (secondary N) is 1. The first kappa shape index (κ1) is 16.5. The first-order valence-corrected chi connectivity index (χ1v) is 8.38. The van der Waals surface area contributed by atoms with Crippen LogP contribution < -0.4 is 10.1 Å². The van der Waals surface area contributed by atoms with Crippen molar-refractivity contribution in [3.8, 4) is 5.75 Å². The van der Waals surface area contributed by atoms with Crippen molar-refractivity contribution in [2.24, 2.45) is 0 Å². The highest BCUT2D eigenvalue weighted by Gasteiger charge is 2.30. The monoisotopic (exact) mass is 324 g/mol. The van der Waals surface area contributed by atoms with Crippen LogP contribution in [0.15, 0.2) is 48.5 Å². The highest BCUT2D eigenvalue weighted by atomic mass is 16.5. The van der Waals surface area contributed by atoms with Gasteiger partial charge in [-0.25, -0.2) is 0 Å². The number of rotatable bonds is 7. The minimum Gasteiger partial charge on any atom is -0.496 e. The molecule has 0 aliphatic heterocycles. The lowest BCUT2D eigenvalue weighted by molar-refractivity contribution is -0.117. The quantitative estimate of drug-likeness (QED) is 0.846. The first-order chi connectivity index (χ1) is 11.7. The van der Waals surface area contributed by atoms with Crippen molar-refractivity contribution in [1.82, 2.24) is 4.90 Å². The first-order valence-electron chi connectivity index (χ1n) is 8.38. The third kappa shape index (κ3) is 4.36. The van der Waals surface area contributed by atoms with Crippen molar-refractivity contribution >= 4 is 11.6 Å². The summed E-state index contributed by atoms with van der Waals surface area (Å²) in [6.07, 6.45) is 2.32. The fraction of sp³-hybridized carbons (Fsp3) is 0.350. The summed E-state index contributed by atoms with van der Waals surface area (Å²) in [5, 5.41) is 2.98. The van der Waals surface area contributed by atoms with Gasteiger partial charge in [0.1, 0.15) is 5.75 Å². The van der Waals surface area contributed by atoms with E-state index in [0.29, 0.717) is 12.6 Å². The molecular formula is C20H24N2O2. The standard InChI is InChI=1S/C20H24N2O2/c1-15-7-9-17(10-8-15)21-20(23)14-22(18-11-12-18)13-16-5-3-4-6-19(16)24-2/h3-10,18H,11-14H2,1-2H3,(H,21,23). The second-order valence-corrected chi connectivity index (χ2v) is 6.36. The molecule has 1 amide bonds. The number of anilines is 1. The zero-order chi connectivity index (χ0) is 16.9. The van der Waals surface area contributed by atoms with E-state index in [1.54, 1.807) is 7.11 Å². The molecule has 0 bridgehead atoms. The molecule has 1 fully saturated rings. The molecule has 0 unspecified atom stereocenters. The van der Waals surface area contributed by atoms with Crippen LogP contribution in [0, 0.1) is 6.92 Å². The van der Waals surface area contributed by atoms with Gasteiger partial charge in [-0.05, 0) is 38.0 Å². The van der Waals surface area contributed by atoms with E-state index in [-0.39, 0.29) is 5.91 Å². The van der Waals surface area contributed by atoms with Crippen LogP contribution in [0.25, 0.3) is 0 Å². The predicted molar refractivity (Wildman–Crippen MR) is 96.2 cm³/mol. The van der Waals surface area contributed by atoms with Gasteiger partial charge in [0.2, 0.25) is 5.91 Å². The largest absolute Gasteiger partial charge is 0.496 e. The van der Waals surface area contributed by atoms with E-state index >= 15 is 0 Å². The van der Waals surface area contributed by atoms with Gasteiger partial charge in [0.15, 0.2) is 0 Å². The molecule has 1 aliphatic rings. The molecule has 1 aliphatic carbocycles. The third-order valence-electron chi connectivity index (χ3n) is 4.31. The van der Waals surface area contributed by atoms with E-state index in [1.165, 1.54) is 5.56 Å². The van der Waals surface area contributed by atoms with Crippen molar-refractivity contribution in [3.63, 3.8) is 0 Å². The molecule has 4 nitrogen and oxygen atoms in total. The van der Waals surface area contributed by atoms with Gasteiger partial charge in [0.05, 0.1) is 13.7 Å². The second-order valence-electron chi connectivity index (χ2n) is 6.36. The molecule has 0 aromatic heterocycles. The van der Waals surface area contributed by atoms with Crippen molar-refractivity contribution in [3.05, 3.63) is 59.7 Å². The van der Waals surface area contributed by atoms with Crippen molar-refractivity contribution in [1.29, 1.82) is 0 Å². The Kier molecular flexibility index (Phi) is 5.16. The fourth-order valence-electron chi connectivity index (χ4n) is 2.83. The van der Waals surface area contributed by atoms with E-state index in [4.69, 9.17) is 4.74 Å². The van der Waals surface area contributed by atoms with E-state index in [0.717, 1.165) is 36.4 Å². The Hall–Kier alpha value is -2.33. The third-order valence-corrected chi connectivity index (χ3v) is 4.31. The summed E-state index contributed by atoms with van der Waals surface area (Å²) < 4.78 is 5.43. The Morgan fingerprint density at radius 3 is 2.54 bits per heavy atom. The van der Waals surface area contributed by atoms with Crippen molar-refractivity contribution in [2.45, 2.75) is 32.4 Å². The molecule has 4 heteroatoms. The minimum absolute atomic E-state index is 0.0284. The van der Waals surface area contributed by atoms with Crippen LogP contribution in [0.3, 0.4) is 0 Å². The highest BCUT2D eigenvalue weighted by molar-refractivity contribution is 5.92. The molecule has 3 rings (SSSR count). The lowest BCUT2D eigenvalue weighted by Gasteiger charge is -2.22. The number of hydrogen-bond donors (Lipinski definition) is 1. The summed E-state index contributed by atoms with van der Waals surface area (Å²) in [6.45, 7) is 3.17. The lowest BCUT2D eigenvalue weighted by atomic mass is 10.2. The van der Waals surface area contributed by atoms with Gasteiger partial charge in [0.25, 0.3) is 0 Å². The normalized spacial score (nSPS) is 13.8. The van der Waals surface area contributed by atoms with Crippen LogP contribution in [-0.4, -0.2) is 30.5 Å². The Bertz CT molecular complexity index is 693. The van der Waals surface area contributed by atoms with E-state index in [9.17, 15) is 4.79 Å². The summed E-state index contributed by atoms with van der Waals surface area (Å²) in [7, 11) is 1.68. The average molecular weight is 324 g/mol. The molecule has 0 saturated heterocycles. The Morgan fingerprint density at radius 2 is 1.88 bits per heavy atom. The number of nitrogens with zero attached hydrogens (tertiary/aromatic N) is 1. The number of para-hydroxylation sites is 1. The number of carbonyl (C=O) groups excluding carboxylic acids is 1. The summed E-state index contributed by atoms with van der Waals surface area (Å²) in [6, 6.07) is 16.4. The van der Waals surface area contributed by atoms with Crippen LogP contribution in [0.5, 0.6) is 5.75 Å². The van der Waals surface area contributed by atoms with Gasteiger partial charge < -0.3 is 10.1 Å². The SMILES string of the molecule is COc1ccccc1CN(CC(=O)Nc1ccc(C)cc1)C1CC1. The van der Waals surface area contributed by atoms with Gasteiger partial charge in [-0.15, -0.1) is 0 Å². The summed E-state index contributed by atoms with van der Waals surface area (Å²) >= 11 is 0. The number of amides is 1. The molecular weight excluding hydrogens is 300 g/mol. The Morgan fingerprint density at radius 1 is 1.17 bits per heavy atom. The maximum absolute atomic E-state index is 12.4. The summed E-state index contributed by atoms with van der Waals surface area (Å²) in [4.78, 5) is 14.6. The van der Waals surface area contributed by atoms with Crippen LogP contribution in [0.2, 0.25) is 0 Å². The van der Waals surface area contributed by atoms with Crippen molar-refractivity contribution in [2.75, 3.05) is 19.0 Å². The number of hydrogen-bond acceptors (Lipinski definition) is 3. The maximum Gasteiger partial charge on any atom is 0.238 e. The van der Waals surface area contributed by atoms with Crippen LogP contribution in [0.4, 0.5) is 5.69 Å². The zero-order valence-corrected chi connectivity index (χ0v) is 14.3. The molecule has 2 aromatic carbocycles. The topological polar surface area (TPSA) is 41.6 Å². The number of benzene rings is 2. The highest BCUT2D eigenvalue weighted by Crippen LogP contribution is 2.30. The second kappa shape index (κ2) is 7.49. The lowest BCUT2D eigenvalue weighted by Crippen LogP contribution is -2.34. The number of methoxy groups -OCH3 is 1. The van der Waals surface area contributed by atoms with Gasteiger partial charge >= 0.3 is 0 Å². The molecule has 1 N–H and O–H groups in total. The van der Waals surface area contributed by atoms with Gasteiger partial charge in [-0.3, -0.25) is 9.69 Å². The van der Waals surface area contributed by atoms with Crippen LogP contribution in [0.1, 0.15) is 24.0 Å². The summed E-state index contributed by atoms with van der Waals surface area (Å²) in [5.41, 5.74) is 3.15. The Balaban J connectivity index is 1.63. The fourth-order valence-corrected chi connectivity index (χ4v) is 2.83.